The summed E-state index contributed by atoms with van der Waals surface area (Å²) in [6, 6.07) is 4.09. The summed E-state index contributed by atoms with van der Waals surface area (Å²) in [7, 11) is 1.83. The predicted octanol–water partition coefficient (Wildman–Crippen LogP) is 3.37. The monoisotopic (exact) mass is 404 g/mol. The summed E-state index contributed by atoms with van der Waals surface area (Å²) < 4.78 is 0. The fraction of sp³-hybridized carbons (Fsp3) is 0.421. The molecule has 2 N–H and O–H groups in total. The first kappa shape index (κ1) is 19.7. The van der Waals surface area contributed by atoms with Crippen molar-refractivity contribution in [2.24, 2.45) is 0 Å². The number of thiophene rings is 2. The first-order valence-corrected chi connectivity index (χ1v) is 10.4. The number of likely N-dealkylation sites (N-methyl/N-ethyl adjacent to an activating group) is 1. The van der Waals surface area contributed by atoms with Gasteiger partial charge in [0, 0.05) is 26.2 Å². The molecule has 6 nitrogen and oxygen atoms in total. The third-order valence-corrected chi connectivity index (χ3v) is 5.75. The molecule has 0 saturated heterocycles. The molecule has 8 heteroatoms. The van der Waals surface area contributed by atoms with Crippen LogP contribution in [0.4, 0.5) is 0 Å². The molecule has 0 unspecified atom stereocenters. The number of aryl methyl sites for hydroxylation is 1. The minimum Gasteiger partial charge on any atom is -0.350 e. The van der Waals surface area contributed by atoms with Gasteiger partial charge in [0.05, 0.1) is 18.5 Å². The van der Waals surface area contributed by atoms with Crippen LogP contribution in [0.25, 0.3) is 20.7 Å². The highest BCUT2D eigenvalue weighted by atomic mass is 32.1. The van der Waals surface area contributed by atoms with Gasteiger partial charge in [0.1, 0.15) is 10.7 Å². The standard InChI is InChI=1S/C19H24N4O2S2/c1-11-6-7-13(27-11)12-10-26-18-16(12)17(25)20-14(21-18)8-23(5)9-15(24)22-19(2,3)4/h6-7,10H,8-9H2,1-5H3,(H,22,24)(H,20,21,25). The van der Waals surface area contributed by atoms with Crippen molar-refractivity contribution < 1.29 is 4.79 Å². The predicted molar refractivity (Wildman–Crippen MR) is 113 cm³/mol. The zero-order chi connectivity index (χ0) is 19.8. The second kappa shape index (κ2) is 7.53. The molecular weight excluding hydrogens is 380 g/mol. The summed E-state index contributed by atoms with van der Waals surface area (Å²) in [5, 5.41) is 5.56. The van der Waals surface area contributed by atoms with Crippen LogP contribution in [0, 0.1) is 6.92 Å². The Hall–Kier alpha value is -2.03. The Morgan fingerprint density at radius 2 is 2.07 bits per heavy atom. The maximum Gasteiger partial charge on any atom is 0.260 e. The quantitative estimate of drug-likeness (QED) is 0.683. The molecule has 1 amide bonds. The number of hydrogen-bond donors (Lipinski definition) is 2. The highest BCUT2D eigenvalue weighted by molar-refractivity contribution is 7.19. The second-order valence-corrected chi connectivity index (χ2v) is 9.87. The molecule has 0 radical (unpaired) electrons. The molecule has 3 heterocycles. The van der Waals surface area contributed by atoms with Crippen molar-refractivity contribution in [3.8, 4) is 10.4 Å². The first-order valence-electron chi connectivity index (χ1n) is 8.69. The van der Waals surface area contributed by atoms with E-state index in [4.69, 9.17) is 0 Å². The van der Waals surface area contributed by atoms with Gasteiger partial charge in [-0.25, -0.2) is 4.98 Å². The maximum absolute atomic E-state index is 12.7. The van der Waals surface area contributed by atoms with Gasteiger partial charge in [-0.15, -0.1) is 22.7 Å². The molecule has 0 fully saturated rings. The van der Waals surface area contributed by atoms with Gasteiger partial charge in [-0.05, 0) is 46.9 Å². The van der Waals surface area contributed by atoms with E-state index >= 15 is 0 Å². The number of hydrogen-bond acceptors (Lipinski definition) is 6. The SMILES string of the molecule is Cc1ccc(-c2csc3nc(CN(C)CC(=O)NC(C)(C)C)[nH]c(=O)c23)s1. The molecule has 3 aromatic heterocycles. The number of carbonyl (C=O) groups is 1. The van der Waals surface area contributed by atoms with Crippen LogP contribution in [0.5, 0.6) is 0 Å². The largest absolute Gasteiger partial charge is 0.350 e. The average Bonchev–Trinajstić information content (AvgIpc) is 3.11. The summed E-state index contributed by atoms with van der Waals surface area (Å²) in [5.74, 6) is 0.509. The van der Waals surface area contributed by atoms with E-state index in [0.29, 0.717) is 17.8 Å². The van der Waals surface area contributed by atoms with Crippen LogP contribution < -0.4 is 10.9 Å². The van der Waals surface area contributed by atoms with Gasteiger partial charge in [-0.3, -0.25) is 14.5 Å². The van der Waals surface area contributed by atoms with Crippen LogP contribution in [-0.2, 0) is 11.3 Å². The number of H-pyrrole nitrogens is 1. The van der Waals surface area contributed by atoms with E-state index in [9.17, 15) is 9.59 Å². The van der Waals surface area contributed by atoms with Crippen molar-refractivity contribution in [3.63, 3.8) is 0 Å². The van der Waals surface area contributed by atoms with Gasteiger partial charge in [0.2, 0.25) is 5.91 Å². The number of nitrogens with one attached hydrogen (secondary N) is 2. The topological polar surface area (TPSA) is 78.1 Å². The molecule has 0 atom stereocenters. The highest BCUT2D eigenvalue weighted by Gasteiger charge is 2.17. The lowest BCUT2D eigenvalue weighted by atomic mass is 10.1. The smallest absolute Gasteiger partial charge is 0.260 e. The molecule has 0 aliphatic rings. The highest BCUT2D eigenvalue weighted by Crippen LogP contribution is 2.34. The lowest BCUT2D eigenvalue weighted by Crippen LogP contribution is -2.45. The van der Waals surface area contributed by atoms with E-state index in [1.165, 1.54) is 16.2 Å². The Bertz CT molecular complexity index is 1030. The summed E-state index contributed by atoms with van der Waals surface area (Å²) >= 11 is 3.14. The zero-order valence-electron chi connectivity index (χ0n) is 16.2. The number of amides is 1. The molecular formula is C19H24N4O2S2. The Kier molecular flexibility index (Phi) is 5.50. The van der Waals surface area contributed by atoms with E-state index in [1.807, 2.05) is 44.2 Å². The van der Waals surface area contributed by atoms with Crippen LogP contribution in [-0.4, -0.2) is 39.9 Å². The molecule has 0 spiro atoms. The number of aromatic nitrogens is 2. The third-order valence-electron chi connectivity index (χ3n) is 3.85. The summed E-state index contributed by atoms with van der Waals surface area (Å²) in [6.45, 7) is 8.52. The van der Waals surface area contributed by atoms with Crippen molar-refractivity contribution in [2.45, 2.75) is 39.8 Å². The average molecular weight is 405 g/mol. The molecule has 0 saturated carbocycles. The first-order chi connectivity index (χ1) is 12.6. The number of rotatable bonds is 5. The molecule has 0 bridgehead atoms. The van der Waals surface area contributed by atoms with E-state index in [1.54, 1.807) is 11.3 Å². The van der Waals surface area contributed by atoms with Gasteiger partial charge < -0.3 is 10.3 Å². The molecule has 0 aliphatic carbocycles. The van der Waals surface area contributed by atoms with Crippen LogP contribution >= 0.6 is 22.7 Å². The van der Waals surface area contributed by atoms with E-state index < -0.39 is 0 Å². The van der Waals surface area contributed by atoms with Gasteiger partial charge >= 0.3 is 0 Å². The minimum atomic E-state index is -0.267. The van der Waals surface area contributed by atoms with E-state index in [0.717, 1.165) is 15.3 Å². The van der Waals surface area contributed by atoms with Crippen molar-refractivity contribution in [3.05, 3.63) is 38.6 Å². The maximum atomic E-state index is 12.7. The minimum absolute atomic E-state index is 0.0556. The zero-order valence-corrected chi connectivity index (χ0v) is 17.8. The molecule has 27 heavy (non-hydrogen) atoms. The Morgan fingerprint density at radius 3 is 2.70 bits per heavy atom. The molecule has 3 aromatic rings. The van der Waals surface area contributed by atoms with Crippen molar-refractivity contribution in [1.29, 1.82) is 0 Å². The Labute approximate surface area is 166 Å². The molecule has 0 aliphatic heterocycles. The lowest BCUT2D eigenvalue weighted by Gasteiger charge is -2.23. The molecule has 0 aromatic carbocycles. The van der Waals surface area contributed by atoms with Crippen LogP contribution in [0.3, 0.4) is 0 Å². The van der Waals surface area contributed by atoms with Crippen LogP contribution in [0.1, 0.15) is 31.5 Å². The fourth-order valence-electron chi connectivity index (χ4n) is 2.84. The Balaban J connectivity index is 1.79. The van der Waals surface area contributed by atoms with Crippen LogP contribution in [0.15, 0.2) is 22.3 Å². The van der Waals surface area contributed by atoms with E-state index in [2.05, 4.69) is 28.3 Å². The summed E-state index contributed by atoms with van der Waals surface area (Å²) in [5.41, 5.74) is 0.535. The normalized spacial score (nSPS) is 12.1. The van der Waals surface area contributed by atoms with Crippen molar-refractivity contribution in [1.82, 2.24) is 20.2 Å². The van der Waals surface area contributed by atoms with E-state index in [-0.39, 0.29) is 23.6 Å². The number of aromatic amines is 1. The van der Waals surface area contributed by atoms with Gasteiger partial charge in [-0.1, -0.05) is 0 Å². The lowest BCUT2D eigenvalue weighted by molar-refractivity contribution is -0.123. The number of carbonyl (C=O) groups excluding carboxylic acids is 1. The Morgan fingerprint density at radius 1 is 1.33 bits per heavy atom. The summed E-state index contributed by atoms with van der Waals surface area (Å²) in [6.07, 6.45) is 0. The fourth-order valence-corrected chi connectivity index (χ4v) is 4.77. The van der Waals surface area contributed by atoms with Gasteiger partial charge in [-0.2, -0.15) is 0 Å². The van der Waals surface area contributed by atoms with Crippen LogP contribution in [0.2, 0.25) is 0 Å². The third kappa shape index (κ3) is 4.82. The number of nitrogens with zero attached hydrogens (tertiary/aromatic N) is 2. The van der Waals surface area contributed by atoms with Crippen molar-refractivity contribution >= 4 is 38.8 Å². The summed E-state index contributed by atoms with van der Waals surface area (Å²) in [4.78, 5) is 37.1. The van der Waals surface area contributed by atoms with Crippen molar-refractivity contribution in [2.75, 3.05) is 13.6 Å². The number of fused-ring (bicyclic) bond motifs is 1. The van der Waals surface area contributed by atoms with Gasteiger partial charge in [0.25, 0.3) is 5.56 Å². The second-order valence-electron chi connectivity index (χ2n) is 7.72. The molecule has 3 rings (SSSR count). The van der Waals surface area contributed by atoms with Gasteiger partial charge in [0.15, 0.2) is 0 Å². The molecule has 144 valence electrons.